The first-order valence-electron chi connectivity index (χ1n) is 12.3. The second kappa shape index (κ2) is 14.3. The molecule has 9 heteroatoms. The van der Waals surface area contributed by atoms with Crippen molar-refractivity contribution in [3.8, 4) is 0 Å². The molecule has 0 fully saturated rings. The van der Waals surface area contributed by atoms with Crippen LogP contribution >= 0.6 is 0 Å². The van der Waals surface area contributed by atoms with E-state index in [-0.39, 0.29) is 11.7 Å². The van der Waals surface area contributed by atoms with Crippen molar-refractivity contribution in [2.75, 3.05) is 26.2 Å². The summed E-state index contributed by atoms with van der Waals surface area (Å²) in [6, 6.07) is 8.40. The molecule has 9 nitrogen and oxygen atoms in total. The van der Waals surface area contributed by atoms with Crippen molar-refractivity contribution < 1.29 is 4.79 Å². The molecule has 0 bridgehead atoms. The molecular formula is C25H38N8O. The minimum absolute atomic E-state index is 0.212. The average molecular weight is 467 g/mol. The molecule has 1 aromatic carbocycles. The number of unbranched alkanes of at least 4 members (excludes halogenated alkanes) is 1. The molecule has 0 saturated carbocycles. The summed E-state index contributed by atoms with van der Waals surface area (Å²) in [5.74, 6) is 0.733. The summed E-state index contributed by atoms with van der Waals surface area (Å²) in [4.78, 5) is 28.5. The fraction of sp³-hybridized carbons (Fsp3) is 0.520. The number of rotatable bonds is 16. The SMILES string of the molecule is CCCN(CCC)CCCCNCc1ccc(CN(Cc2ncc[nH]2)C(=O)c2ncn[nH]2)cc1. The van der Waals surface area contributed by atoms with Crippen LogP contribution in [0.2, 0.25) is 0 Å². The molecule has 0 spiro atoms. The fourth-order valence-electron chi connectivity index (χ4n) is 3.99. The standard InChI is InChI=1S/C25H38N8O/c1-3-14-32(15-4-2)16-6-5-11-26-17-21-7-9-22(10-8-21)18-33(19-23-27-12-13-28-23)25(34)24-29-20-30-31-24/h7-10,12-13,20,26H,3-6,11,14-19H2,1-2H3,(H,27,28)(H,29,30,31). The summed E-state index contributed by atoms with van der Waals surface area (Å²) in [6.07, 6.45) is 9.64. The number of nitrogens with zero attached hydrogens (tertiary/aromatic N) is 5. The number of aromatic amines is 2. The van der Waals surface area contributed by atoms with Crippen molar-refractivity contribution in [2.45, 2.75) is 59.2 Å². The highest BCUT2D eigenvalue weighted by atomic mass is 16.2. The number of hydrogen-bond donors (Lipinski definition) is 3. The Bertz CT molecular complexity index is 919. The van der Waals surface area contributed by atoms with E-state index >= 15 is 0 Å². The van der Waals surface area contributed by atoms with Gasteiger partial charge >= 0.3 is 0 Å². The van der Waals surface area contributed by atoms with E-state index in [2.05, 4.69) is 73.5 Å². The quantitative estimate of drug-likeness (QED) is 0.280. The van der Waals surface area contributed by atoms with Gasteiger partial charge in [0.05, 0.1) is 6.54 Å². The lowest BCUT2D eigenvalue weighted by Gasteiger charge is -2.21. The molecule has 2 aromatic heterocycles. The van der Waals surface area contributed by atoms with Crippen LogP contribution in [-0.4, -0.2) is 67.0 Å². The van der Waals surface area contributed by atoms with Gasteiger partial charge < -0.3 is 20.1 Å². The van der Waals surface area contributed by atoms with Crippen molar-refractivity contribution in [2.24, 2.45) is 0 Å². The van der Waals surface area contributed by atoms with Gasteiger partial charge in [0, 0.05) is 25.5 Å². The van der Waals surface area contributed by atoms with Crippen LogP contribution in [0.4, 0.5) is 0 Å². The van der Waals surface area contributed by atoms with Crippen LogP contribution in [0.1, 0.15) is 67.1 Å². The third kappa shape index (κ3) is 8.39. The molecule has 2 heterocycles. The number of hydrogen-bond acceptors (Lipinski definition) is 6. The van der Waals surface area contributed by atoms with Gasteiger partial charge in [-0.25, -0.2) is 9.97 Å². The van der Waals surface area contributed by atoms with Gasteiger partial charge in [0.15, 0.2) is 0 Å². The van der Waals surface area contributed by atoms with Gasteiger partial charge in [-0.3, -0.25) is 9.89 Å². The topological polar surface area (TPSA) is 106 Å². The van der Waals surface area contributed by atoms with Gasteiger partial charge in [-0.2, -0.15) is 5.10 Å². The van der Waals surface area contributed by atoms with Crippen LogP contribution in [0.5, 0.6) is 0 Å². The number of nitrogens with one attached hydrogen (secondary N) is 3. The Labute approximate surface area is 202 Å². The average Bonchev–Trinajstić information content (AvgIpc) is 3.56. The lowest BCUT2D eigenvalue weighted by atomic mass is 10.1. The monoisotopic (exact) mass is 466 g/mol. The molecule has 0 aliphatic rings. The number of imidazole rings is 1. The molecule has 0 saturated heterocycles. The number of carbonyl (C=O) groups is 1. The maximum absolute atomic E-state index is 12.9. The highest BCUT2D eigenvalue weighted by molar-refractivity contribution is 5.90. The fourth-order valence-corrected chi connectivity index (χ4v) is 3.99. The smallest absolute Gasteiger partial charge is 0.291 e. The lowest BCUT2D eigenvalue weighted by Crippen LogP contribution is -2.31. The summed E-state index contributed by atoms with van der Waals surface area (Å²) >= 11 is 0. The van der Waals surface area contributed by atoms with E-state index in [1.165, 1.54) is 57.2 Å². The molecule has 34 heavy (non-hydrogen) atoms. The third-order valence-electron chi connectivity index (χ3n) is 5.68. The molecule has 0 aliphatic carbocycles. The van der Waals surface area contributed by atoms with Crippen LogP contribution in [0.25, 0.3) is 0 Å². The Morgan fingerprint density at radius 3 is 2.38 bits per heavy atom. The van der Waals surface area contributed by atoms with Gasteiger partial charge in [0.2, 0.25) is 5.82 Å². The third-order valence-corrected chi connectivity index (χ3v) is 5.68. The minimum Gasteiger partial charge on any atom is -0.347 e. The Balaban J connectivity index is 1.44. The molecule has 3 rings (SSSR count). The largest absolute Gasteiger partial charge is 0.347 e. The lowest BCUT2D eigenvalue weighted by molar-refractivity contribution is 0.0714. The Kier molecular flexibility index (Phi) is 10.7. The summed E-state index contributed by atoms with van der Waals surface area (Å²) in [7, 11) is 0. The van der Waals surface area contributed by atoms with E-state index in [4.69, 9.17) is 0 Å². The van der Waals surface area contributed by atoms with Gasteiger partial charge in [0.25, 0.3) is 5.91 Å². The molecule has 0 unspecified atom stereocenters. The molecule has 3 N–H and O–H groups in total. The van der Waals surface area contributed by atoms with E-state index < -0.39 is 0 Å². The Morgan fingerprint density at radius 1 is 0.971 bits per heavy atom. The van der Waals surface area contributed by atoms with Crippen LogP contribution in [0, 0.1) is 0 Å². The van der Waals surface area contributed by atoms with E-state index in [1.54, 1.807) is 17.3 Å². The highest BCUT2D eigenvalue weighted by Gasteiger charge is 2.20. The highest BCUT2D eigenvalue weighted by Crippen LogP contribution is 2.12. The van der Waals surface area contributed by atoms with Gasteiger partial charge in [-0.15, -0.1) is 0 Å². The van der Waals surface area contributed by atoms with Crippen LogP contribution in [0.15, 0.2) is 43.0 Å². The molecule has 0 aliphatic heterocycles. The summed E-state index contributed by atoms with van der Waals surface area (Å²) < 4.78 is 0. The summed E-state index contributed by atoms with van der Waals surface area (Å²) in [5.41, 5.74) is 2.29. The minimum atomic E-state index is -0.212. The van der Waals surface area contributed by atoms with E-state index in [1.807, 2.05) is 0 Å². The van der Waals surface area contributed by atoms with Crippen LogP contribution in [0.3, 0.4) is 0 Å². The Hall–Kier alpha value is -3.04. The van der Waals surface area contributed by atoms with Gasteiger partial charge in [0.1, 0.15) is 12.2 Å². The first kappa shape index (κ1) is 25.6. The molecule has 0 radical (unpaired) electrons. The zero-order valence-electron chi connectivity index (χ0n) is 20.5. The zero-order valence-corrected chi connectivity index (χ0v) is 20.5. The normalized spacial score (nSPS) is 11.3. The van der Waals surface area contributed by atoms with Gasteiger partial charge in [-0.1, -0.05) is 38.1 Å². The first-order valence-corrected chi connectivity index (χ1v) is 12.3. The molecule has 0 atom stereocenters. The molecule has 184 valence electrons. The van der Waals surface area contributed by atoms with Crippen molar-refractivity contribution >= 4 is 5.91 Å². The number of amides is 1. The Morgan fingerprint density at radius 2 is 1.74 bits per heavy atom. The number of benzene rings is 1. The maximum Gasteiger partial charge on any atom is 0.291 e. The zero-order chi connectivity index (χ0) is 24.0. The number of aromatic nitrogens is 5. The van der Waals surface area contributed by atoms with Crippen molar-refractivity contribution in [3.05, 3.63) is 65.8 Å². The van der Waals surface area contributed by atoms with E-state index in [0.29, 0.717) is 13.1 Å². The molecule has 3 aromatic rings. The van der Waals surface area contributed by atoms with Crippen molar-refractivity contribution in [1.29, 1.82) is 0 Å². The molecule has 1 amide bonds. The maximum atomic E-state index is 12.9. The van der Waals surface area contributed by atoms with Crippen molar-refractivity contribution in [1.82, 2.24) is 40.3 Å². The predicted molar refractivity (Wildman–Crippen MR) is 133 cm³/mol. The van der Waals surface area contributed by atoms with Gasteiger partial charge in [-0.05, 0) is 63.0 Å². The van der Waals surface area contributed by atoms with E-state index in [0.717, 1.165) is 24.5 Å². The summed E-state index contributed by atoms with van der Waals surface area (Å²) in [6.45, 7) is 10.8. The van der Waals surface area contributed by atoms with Crippen LogP contribution < -0.4 is 5.32 Å². The number of H-pyrrole nitrogens is 2. The number of carbonyl (C=O) groups excluding carboxylic acids is 1. The predicted octanol–water partition coefficient (Wildman–Crippen LogP) is 3.36. The van der Waals surface area contributed by atoms with Crippen LogP contribution in [-0.2, 0) is 19.6 Å². The second-order valence-electron chi connectivity index (χ2n) is 8.57. The van der Waals surface area contributed by atoms with Crippen molar-refractivity contribution in [3.63, 3.8) is 0 Å². The molecular weight excluding hydrogens is 428 g/mol. The first-order chi connectivity index (χ1) is 16.7. The van der Waals surface area contributed by atoms with E-state index in [9.17, 15) is 4.79 Å². The summed E-state index contributed by atoms with van der Waals surface area (Å²) in [5, 5.41) is 10.0. The second-order valence-corrected chi connectivity index (χ2v) is 8.57.